The Morgan fingerprint density at radius 3 is 2.91 bits per heavy atom. The number of fused-ring (bicyclic) bond motifs is 1. The summed E-state index contributed by atoms with van der Waals surface area (Å²) in [6.45, 7) is 1.97. The number of aromatic nitrogens is 4. The van der Waals surface area contributed by atoms with Gasteiger partial charge in [0.25, 0.3) is 0 Å². The summed E-state index contributed by atoms with van der Waals surface area (Å²) in [5, 5.41) is 22.4. The van der Waals surface area contributed by atoms with E-state index in [4.69, 9.17) is 4.98 Å². The number of carbonyl (C=O) groups excluding carboxylic acids is 1. The van der Waals surface area contributed by atoms with Gasteiger partial charge in [-0.15, -0.1) is 0 Å². The number of nitrogens with one attached hydrogen (secondary N) is 2. The number of hydrogen-bond donors (Lipinski definition) is 3. The molecule has 1 aliphatic carbocycles. The number of anilines is 1. The number of nitrogens with zero attached hydrogens (tertiary/aromatic N) is 4. The lowest BCUT2D eigenvalue weighted by molar-refractivity contribution is -0.136. The average molecular weight is 435 g/mol. The van der Waals surface area contributed by atoms with E-state index in [0.717, 1.165) is 73.3 Å². The first-order valence-electron chi connectivity index (χ1n) is 11.6. The van der Waals surface area contributed by atoms with E-state index in [2.05, 4.69) is 20.5 Å². The molecule has 2 aliphatic rings. The van der Waals surface area contributed by atoms with Gasteiger partial charge in [0, 0.05) is 30.9 Å². The number of hydrogen-bond acceptors (Lipinski definition) is 6. The molecule has 1 saturated heterocycles. The van der Waals surface area contributed by atoms with Gasteiger partial charge in [0.05, 0.1) is 29.6 Å². The maximum absolute atomic E-state index is 12.8. The molecule has 4 heterocycles. The van der Waals surface area contributed by atoms with E-state index in [1.54, 1.807) is 6.20 Å². The van der Waals surface area contributed by atoms with Gasteiger partial charge in [-0.3, -0.25) is 14.9 Å². The molecule has 8 heteroatoms. The highest BCUT2D eigenvalue weighted by Gasteiger charge is 2.36. The highest BCUT2D eigenvalue weighted by molar-refractivity contribution is 5.87. The first kappa shape index (κ1) is 20.9. The van der Waals surface area contributed by atoms with Crippen molar-refractivity contribution in [1.82, 2.24) is 25.1 Å². The molecule has 1 saturated carbocycles. The minimum Gasteiger partial charge on any atom is -0.389 e. The molecule has 3 N–H and O–H groups in total. The molecular weight excluding hydrogens is 404 g/mol. The van der Waals surface area contributed by atoms with Crippen LogP contribution < -0.4 is 5.32 Å². The predicted molar refractivity (Wildman–Crippen MR) is 122 cm³/mol. The number of aliphatic hydroxyl groups is 1. The van der Waals surface area contributed by atoms with Crippen LogP contribution >= 0.6 is 0 Å². The van der Waals surface area contributed by atoms with Crippen LogP contribution in [0.4, 0.5) is 5.82 Å². The lowest BCUT2D eigenvalue weighted by Crippen LogP contribution is -2.39. The number of rotatable bonds is 6. The maximum Gasteiger partial charge on any atom is 0.225 e. The molecule has 5 rings (SSSR count). The zero-order valence-corrected chi connectivity index (χ0v) is 18.3. The van der Waals surface area contributed by atoms with Crippen molar-refractivity contribution >= 4 is 22.8 Å². The van der Waals surface area contributed by atoms with Crippen molar-refractivity contribution in [3.8, 4) is 0 Å². The van der Waals surface area contributed by atoms with Crippen LogP contribution in [0.5, 0.6) is 0 Å². The SMILES string of the molecule is O=C(CC1(O)CCCCC1)N1CC[C@H](c2ccc3c(NCc4ccccn4)n[nH]c3n2)C1. The Bertz CT molecular complexity index is 1080. The Morgan fingerprint density at radius 2 is 2.09 bits per heavy atom. The second-order valence-electron chi connectivity index (χ2n) is 9.17. The molecule has 3 aromatic rings. The van der Waals surface area contributed by atoms with E-state index in [1.807, 2.05) is 35.2 Å². The molecule has 0 spiro atoms. The summed E-state index contributed by atoms with van der Waals surface area (Å²) in [5.41, 5.74) is 1.86. The second-order valence-corrected chi connectivity index (χ2v) is 9.17. The van der Waals surface area contributed by atoms with E-state index in [0.29, 0.717) is 13.1 Å². The zero-order valence-electron chi connectivity index (χ0n) is 18.3. The molecule has 8 nitrogen and oxygen atoms in total. The van der Waals surface area contributed by atoms with E-state index in [1.165, 1.54) is 0 Å². The Balaban J connectivity index is 1.22. The number of likely N-dealkylation sites (tertiary alicyclic amines) is 1. The normalized spacial score (nSPS) is 20.5. The van der Waals surface area contributed by atoms with Crippen LogP contribution in [0.3, 0.4) is 0 Å². The highest BCUT2D eigenvalue weighted by atomic mass is 16.3. The minimum atomic E-state index is -0.806. The molecule has 0 bridgehead atoms. The molecule has 1 atom stereocenters. The van der Waals surface area contributed by atoms with Crippen molar-refractivity contribution in [1.29, 1.82) is 0 Å². The van der Waals surface area contributed by atoms with Gasteiger partial charge < -0.3 is 15.3 Å². The lowest BCUT2D eigenvalue weighted by Gasteiger charge is -2.32. The third kappa shape index (κ3) is 4.46. The van der Waals surface area contributed by atoms with Crippen molar-refractivity contribution in [2.75, 3.05) is 18.4 Å². The summed E-state index contributed by atoms with van der Waals surface area (Å²) < 4.78 is 0. The standard InChI is InChI=1S/C24H30N6O2/c31-21(14-24(32)10-3-1-4-11-24)30-13-9-17(16-30)20-8-7-19-22(28-29-23(19)27-20)26-15-18-6-2-5-12-25-18/h2,5-8,12,17,32H,1,3-4,9-11,13-16H2,(H2,26,27,28,29)/t17-/m0/s1. The van der Waals surface area contributed by atoms with Gasteiger partial charge in [-0.25, -0.2) is 4.98 Å². The first-order chi connectivity index (χ1) is 15.6. The summed E-state index contributed by atoms with van der Waals surface area (Å²) in [4.78, 5) is 23.8. The third-order valence-electron chi connectivity index (χ3n) is 6.83. The average Bonchev–Trinajstić information content (AvgIpc) is 3.46. The molecule has 0 aromatic carbocycles. The molecule has 168 valence electrons. The van der Waals surface area contributed by atoms with Gasteiger partial charge in [0.15, 0.2) is 11.5 Å². The third-order valence-corrected chi connectivity index (χ3v) is 6.83. The first-order valence-corrected chi connectivity index (χ1v) is 11.6. The molecule has 1 aliphatic heterocycles. The van der Waals surface area contributed by atoms with E-state index in [-0.39, 0.29) is 18.2 Å². The predicted octanol–water partition coefficient (Wildman–Crippen LogP) is 3.37. The summed E-state index contributed by atoms with van der Waals surface area (Å²) in [5.74, 6) is 1.03. The van der Waals surface area contributed by atoms with Gasteiger partial charge in [-0.1, -0.05) is 25.3 Å². The quantitative estimate of drug-likeness (QED) is 0.549. The fraction of sp³-hybridized carbons (Fsp3) is 0.500. The maximum atomic E-state index is 12.8. The van der Waals surface area contributed by atoms with Crippen molar-refractivity contribution in [2.45, 2.75) is 63.0 Å². The molecular formula is C24H30N6O2. The van der Waals surface area contributed by atoms with Crippen LogP contribution in [0.25, 0.3) is 11.0 Å². The fourth-order valence-electron chi connectivity index (χ4n) is 4.97. The molecule has 1 amide bonds. The lowest BCUT2D eigenvalue weighted by atomic mass is 9.82. The Morgan fingerprint density at radius 1 is 1.22 bits per heavy atom. The van der Waals surface area contributed by atoms with Crippen molar-refractivity contribution in [2.24, 2.45) is 0 Å². The van der Waals surface area contributed by atoms with Crippen LogP contribution in [0, 0.1) is 0 Å². The molecule has 2 fully saturated rings. The van der Waals surface area contributed by atoms with Crippen LogP contribution in [0.15, 0.2) is 36.5 Å². The zero-order chi connectivity index (χ0) is 22.0. The highest BCUT2D eigenvalue weighted by Crippen LogP contribution is 2.33. The van der Waals surface area contributed by atoms with Gasteiger partial charge >= 0.3 is 0 Å². The Labute approximate surface area is 187 Å². The topological polar surface area (TPSA) is 107 Å². The molecule has 3 aromatic heterocycles. The van der Waals surface area contributed by atoms with Crippen LogP contribution in [0.1, 0.15) is 62.3 Å². The van der Waals surface area contributed by atoms with Gasteiger partial charge in [0.2, 0.25) is 5.91 Å². The summed E-state index contributed by atoms with van der Waals surface area (Å²) in [7, 11) is 0. The number of carbonyl (C=O) groups is 1. The van der Waals surface area contributed by atoms with Crippen LogP contribution in [-0.4, -0.2) is 54.8 Å². The number of H-pyrrole nitrogens is 1. The summed E-state index contributed by atoms with van der Waals surface area (Å²) in [6, 6.07) is 9.91. The van der Waals surface area contributed by atoms with E-state index >= 15 is 0 Å². The number of aromatic amines is 1. The van der Waals surface area contributed by atoms with Gasteiger partial charge in [-0.05, 0) is 43.5 Å². The van der Waals surface area contributed by atoms with Crippen molar-refractivity contribution in [3.05, 3.63) is 47.9 Å². The Kier molecular flexibility index (Phi) is 5.78. The van der Waals surface area contributed by atoms with Gasteiger partial charge in [0.1, 0.15) is 0 Å². The molecule has 32 heavy (non-hydrogen) atoms. The summed E-state index contributed by atoms with van der Waals surface area (Å²) in [6.07, 6.45) is 7.58. The fourth-order valence-corrected chi connectivity index (χ4v) is 4.97. The smallest absolute Gasteiger partial charge is 0.225 e. The number of amides is 1. The second kappa shape index (κ2) is 8.86. The minimum absolute atomic E-state index is 0.0699. The molecule has 0 radical (unpaired) electrons. The number of pyridine rings is 2. The molecule has 0 unspecified atom stereocenters. The summed E-state index contributed by atoms with van der Waals surface area (Å²) >= 11 is 0. The largest absolute Gasteiger partial charge is 0.389 e. The van der Waals surface area contributed by atoms with Crippen LogP contribution in [-0.2, 0) is 11.3 Å². The van der Waals surface area contributed by atoms with Gasteiger partial charge in [-0.2, -0.15) is 5.10 Å². The monoisotopic (exact) mass is 434 g/mol. The van der Waals surface area contributed by atoms with Crippen molar-refractivity contribution in [3.63, 3.8) is 0 Å². The van der Waals surface area contributed by atoms with E-state index in [9.17, 15) is 9.90 Å². The Hall–Kier alpha value is -3.00. The van der Waals surface area contributed by atoms with Crippen molar-refractivity contribution < 1.29 is 9.90 Å². The van der Waals surface area contributed by atoms with Crippen LogP contribution in [0.2, 0.25) is 0 Å². The van der Waals surface area contributed by atoms with E-state index < -0.39 is 5.60 Å².